The number of aryl methyl sites for hydroxylation is 1. The van der Waals surface area contributed by atoms with Crippen molar-refractivity contribution in [1.29, 1.82) is 0 Å². The van der Waals surface area contributed by atoms with Crippen LogP contribution in [0.2, 0.25) is 0 Å². The van der Waals surface area contributed by atoms with E-state index in [4.69, 9.17) is 19.9 Å². The molecule has 3 aromatic heterocycles. The van der Waals surface area contributed by atoms with E-state index in [-0.39, 0.29) is 31.5 Å². The highest BCUT2D eigenvalue weighted by molar-refractivity contribution is 5.99. The van der Waals surface area contributed by atoms with Gasteiger partial charge in [-0.2, -0.15) is 0 Å². The van der Waals surface area contributed by atoms with Crippen LogP contribution in [0.15, 0.2) is 36.9 Å². The summed E-state index contributed by atoms with van der Waals surface area (Å²) in [6.45, 7) is 4.08. The number of aromatic nitrogens is 5. The number of esters is 1. The summed E-state index contributed by atoms with van der Waals surface area (Å²) in [5.74, 6) is 0.799. The number of Topliss-reactive ketones (excluding diaryl/α,β-unsaturated/α-hetero) is 1. The van der Waals surface area contributed by atoms with E-state index in [1.807, 2.05) is 42.7 Å². The molecule has 2 N–H and O–H groups in total. The average Bonchev–Trinajstić information content (AvgIpc) is 3.52. The molecule has 0 atom stereocenters. The maximum atomic E-state index is 12.8. The second-order valence-electron chi connectivity index (χ2n) is 7.95. The topological polar surface area (TPSA) is 136 Å². The fraction of sp³-hybridized carbons (Fsp3) is 0.261. The van der Waals surface area contributed by atoms with Crippen LogP contribution in [0.4, 0.5) is 5.82 Å². The number of imidazole rings is 1. The van der Waals surface area contributed by atoms with E-state index < -0.39 is 5.97 Å². The second kappa shape index (κ2) is 8.50. The quantitative estimate of drug-likeness (QED) is 0.323. The first kappa shape index (κ1) is 21.4. The van der Waals surface area contributed by atoms with Crippen LogP contribution in [0.1, 0.15) is 27.3 Å². The lowest BCUT2D eigenvalue weighted by Crippen LogP contribution is -2.19. The van der Waals surface area contributed by atoms with Crippen molar-refractivity contribution in [2.75, 3.05) is 19.1 Å². The predicted molar refractivity (Wildman–Crippen MR) is 121 cm³/mol. The number of fused-ring (bicyclic) bond motifs is 2. The number of carbonyl (C=O) groups excluding carboxylic acids is 2. The van der Waals surface area contributed by atoms with Gasteiger partial charge in [0.25, 0.3) is 0 Å². The summed E-state index contributed by atoms with van der Waals surface area (Å²) >= 11 is 0. The molecular weight excluding hydrogens is 440 g/mol. The van der Waals surface area contributed by atoms with E-state index >= 15 is 0 Å². The summed E-state index contributed by atoms with van der Waals surface area (Å²) in [6.07, 6.45) is 2.73. The first-order chi connectivity index (χ1) is 16.4. The van der Waals surface area contributed by atoms with Gasteiger partial charge in [-0.1, -0.05) is 6.07 Å². The molecule has 174 valence electrons. The largest absolute Gasteiger partial charge is 0.456 e. The monoisotopic (exact) mass is 462 g/mol. The van der Waals surface area contributed by atoms with Gasteiger partial charge in [-0.15, -0.1) is 0 Å². The highest BCUT2D eigenvalue weighted by Gasteiger charge is 2.19. The summed E-state index contributed by atoms with van der Waals surface area (Å²) in [5.41, 5.74) is 9.84. The Bertz CT molecular complexity index is 1420. The van der Waals surface area contributed by atoms with Gasteiger partial charge in [0, 0.05) is 23.5 Å². The Hall–Kier alpha value is -4.41. The smallest absolute Gasteiger partial charge is 0.326 e. The molecule has 0 radical (unpaired) electrons. The van der Waals surface area contributed by atoms with Gasteiger partial charge >= 0.3 is 5.97 Å². The van der Waals surface area contributed by atoms with Crippen molar-refractivity contribution in [1.82, 2.24) is 24.1 Å². The minimum absolute atomic E-state index is 0.149. The number of hydrogen-bond donors (Lipinski definition) is 1. The van der Waals surface area contributed by atoms with Crippen LogP contribution >= 0.6 is 0 Å². The zero-order valence-electron chi connectivity index (χ0n) is 18.6. The number of ketones is 1. The molecule has 0 fully saturated rings. The number of anilines is 1. The first-order valence-electron chi connectivity index (χ1n) is 10.6. The number of carbonyl (C=O) groups is 2. The van der Waals surface area contributed by atoms with Gasteiger partial charge in [-0.05, 0) is 37.6 Å². The number of hydrogen-bond acceptors (Lipinski definition) is 9. The summed E-state index contributed by atoms with van der Waals surface area (Å²) < 4.78 is 19.6. The van der Waals surface area contributed by atoms with E-state index in [2.05, 4.69) is 15.0 Å². The van der Waals surface area contributed by atoms with E-state index in [1.165, 1.54) is 17.2 Å². The number of nitrogens with zero attached hydrogens (tertiary/aromatic N) is 5. The maximum absolute atomic E-state index is 12.8. The highest BCUT2D eigenvalue weighted by atomic mass is 16.7. The Balaban J connectivity index is 1.24. The minimum atomic E-state index is -0.584. The third-order valence-corrected chi connectivity index (χ3v) is 5.74. The molecule has 0 bridgehead atoms. The lowest BCUT2D eigenvalue weighted by molar-refractivity contribution is -0.143. The van der Waals surface area contributed by atoms with Gasteiger partial charge < -0.3 is 29.1 Å². The van der Waals surface area contributed by atoms with Crippen LogP contribution < -0.4 is 15.2 Å². The second-order valence-corrected chi connectivity index (χ2v) is 7.95. The molecule has 11 heteroatoms. The van der Waals surface area contributed by atoms with Crippen molar-refractivity contribution in [3.63, 3.8) is 0 Å². The van der Waals surface area contributed by atoms with Crippen molar-refractivity contribution in [2.24, 2.45) is 0 Å². The Morgan fingerprint density at radius 2 is 1.94 bits per heavy atom. The van der Waals surface area contributed by atoms with Gasteiger partial charge in [0.1, 0.15) is 18.4 Å². The lowest BCUT2D eigenvalue weighted by atomic mass is 10.1. The van der Waals surface area contributed by atoms with Gasteiger partial charge in [-0.3, -0.25) is 9.59 Å². The number of nitrogen functional groups attached to an aromatic ring is 1. The SMILES string of the molecule is Cc1cc(C(=O)COC(=O)Cn2cnc3c(N)ncnc32)c(C)n1Cc1ccc2c(c1)OCO2. The molecule has 34 heavy (non-hydrogen) atoms. The number of ether oxygens (including phenoxy) is 3. The Labute approximate surface area is 194 Å². The third-order valence-electron chi connectivity index (χ3n) is 5.74. The number of rotatable bonds is 7. The predicted octanol–water partition coefficient (Wildman–Crippen LogP) is 2.03. The summed E-state index contributed by atoms with van der Waals surface area (Å²) in [7, 11) is 0. The van der Waals surface area contributed by atoms with Crippen molar-refractivity contribution in [3.8, 4) is 11.5 Å². The van der Waals surface area contributed by atoms with E-state index in [0.29, 0.717) is 29.0 Å². The van der Waals surface area contributed by atoms with Crippen molar-refractivity contribution < 1.29 is 23.8 Å². The fourth-order valence-corrected chi connectivity index (χ4v) is 3.97. The first-order valence-corrected chi connectivity index (χ1v) is 10.6. The molecule has 5 rings (SSSR count). The Morgan fingerprint density at radius 1 is 1.12 bits per heavy atom. The van der Waals surface area contributed by atoms with Gasteiger partial charge in [0.15, 0.2) is 29.6 Å². The molecule has 1 aliphatic heterocycles. The van der Waals surface area contributed by atoms with Crippen molar-refractivity contribution in [2.45, 2.75) is 26.9 Å². The van der Waals surface area contributed by atoms with Crippen LogP contribution in [0.25, 0.3) is 11.2 Å². The molecule has 0 aliphatic carbocycles. The zero-order valence-corrected chi connectivity index (χ0v) is 18.6. The van der Waals surface area contributed by atoms with Crippen LogP contribution in [0.3, 0.4) is 0 Å². The highest BCUT2D eigenvalue weighted by Crippen LogP contribution is 2.33. The van der Waals surface area contributed by atoms with E-state index in [1.54, 1.807) is 0 Å². The number of benzene rings is 1. The molecule has 0 saturated carbocycles. The normalized spacial score (nSPS) is 12.3. The molecule has 1 aromatic carbocycles. The van der Waals surface area contributed by atoms with E-state index in [9.17, 15) is 9.59 Å². The lowest BCUT2D eigenvalue weighted by Gasteiger charge is -2.11. The molecular formula is C23H22N6O5. The fourth-order valence-electron chi connectivity index (χ4n) is 3.97. The van der Waals surface area contributed by atoms with Crippen LogP contribution in [0.5, 0.6) is 11.5 Å². The summed E-state index contributed by atoms with van der Waals surface area (Å²) in [5, 5.41) is 0. The van der Waals surface area contributed by atoms with Crippen molar-refractivity contribution in [3.05, 3.63) is 59.4 Å². The molecule has 0 unspecified atom stereocenters. The molecule has 0 saturated heterocycles. The maximum Gasteiger partial charge on any atom is 0.326 e. The molecule has 0 amide bonds. The molecule has 4 aromatic rings. The zero-order chi connectivity index (χ0) is 23.8. The van der Waals surface area contributed by atoms with Crippen LogP contribution in [-0.4, -0.2) is 49.2 Å². The Morgan fingerprint density at radius 3 is 2.79 bits per heavy atom. The van der Waals surface area contributed by atoms with Gasteiger partial charge in [0.05, 0.1) is 6.33 Å². The third kappa shape index (κ3) is 3.91. The molecule has 1 aliphatic rings. The molecule has 11 nitrogen and oxygen atoms in total. The number of nitrogens with two attached hydrogens (primary N) is 1. The summed E-state index contributed by atoms with van der Waals surface area (Å²) in [4.78, 5) is 37.2. The summed E-state index contributed by atoms with van der Waals surface area (Å²) in [6, 6.07) is 7.58. The molecule has 4 heterocycles. The Kier molecular flexibility index (Phi) is 5.36. The van der Waals surface area contributed by atoms with Crippen LogP contribution in [0, 0.1) is 13.8 Å². The average molecular weight is 462 g/mol. The minimum Gasteiger partial charge on any atom is -0.456 e. The van der Waals surface area contributed by atoms with Gasteiger partial charge in [0.2, 0.25) is 12.6 Å². The van der Waals surface area contributed by atoms with Gasteiger partial charge in [-0.25, -0.2) is 15.0 Å². The van der Waals surface area contributed by atoms with Crippen LogP contribution in [-0.2, 0) is 22.6 Å². The van der Waals surface area contributed by atoms with E-state index in [0.717, 1.165) is 22.7 Å². The molecule has 0 spiro atoms. The van der Waals surface area contributed by atoms with Crippen molar-refractivity contribution >= 4 is 28.7 Å². The standard InChI is InChI=1S/C23H22N6O5/c1-13-5-16(14(2)29(13)7-15-3-4-18-19(6-15)34-12-33-18)17(30)9-32-20(31)8-28-11-27-21-22(24)25-10-26-23(21)28/h3-6,10-11H,7-9,12H2,1-2H3,(H2,24,25,26).